The van der Waals surface area contributed by atoms with Crippen LogP contribution in [0.4, 0.5) is 0 Å². The van der Waals surface area contributed by atoms with Gasteiger partial charge in [0.05, 0.1) is 5.69 Å². The molecule has 0 spiro atoms. The van der Waals surface area contributed by atoms with E-state index in [0.29, 0.717) is 23.9 Å². The normalized spacial score (nSPS) is 17.6. The summed E-state index contributed by atoms with van der Waals surface area (Å²) in [6.45, 7) is 5.38. The Labute approximate surface area is 117 Å². The third-order valence-electron chi connectivity index (χ3n) is 3.71. The van der Waals surface area contributed by atoms with Crippen molar-refractivity contribution in [3.05, 3.63) is 17.3 Å². The zero-order valence-corrected chi connectivity index (χ0v) is 12.0. The number of nitrogens with zero attached hydrogens (tertiary/aromatic N) is 1. The van der Waals surface area contributed by atoms with Gasteiger partial charge >= 0.3 is 5.97 Å². The summed E-state index contributed by atoms with van der Waals surface area (Å²) in [5, 5.41) is 11.7. The molecule has 0 bridgehead atoms. The van der Waals surface area contributed by atoms with Gasteiger partial charge in [-0.1, -0.05) is 20.3 Å². The van der Waals surface area contributed by atoms with Gasteiger partial charge in [0.1, 0.15) is 6.04 Å². The Balaban J connectivity index is 2.11. The number of hydrogen-bond acceptors (Lipinski definition) is 4. The molecule has 1 aliphatic rings. The molecule has 1 fully saturated rings. The van der Waals surface area contributed by atoms with E-state index in [9.17, 15) is 14.7 Å². The first-order chi connectivity index (χ1) is 9.43. The number of aromatic nitrogens is 1. The zero-order valence-electron chi connectivity index (χ0n) is 12.0. The van der Waals surface area contributed by atoms with Gasteiger partial charge in [-0.15, -0.1) is 0 Å². The van der Waals surface area contributed by atoms with E-state index in [-0.39, 0.29) is 11.7 Å². The quantitative estimate of drug-likeness (QED) is 0.832. The third kappa shape index (κ3) is 3.00. The average molecular weight is 280 g/mol. The highest BCUT2D eigenvalue weighted by Crippen LogP contribution is 2.40. The SMILES string of the molecule is CCC(C)C(NC(=O)c1oc(C2CC2)nc1C)C(=O)O. The van der Waals surface area contributed by atoms with E-state index in [1.807, 2.05) is 6.92 Å². The standard InChI is InChI=1S/C14H20N2O4/c1-4-7(2)10(14(18)19)16-12(17)11-8(3)15-13(20-11)9-5-6-9/h7,9-10H,4-6H2,1-3H3,(H,16,17)(H,18,19). The van der Waals surface area contributed by atoms with Gasteiger partial charge in [-0.25, -0.2) is 9.78 Å². The minimum atomic E-state index is -1.03. The molecule has 1 heterocycles. The van der Waals surface area contributed by atoms with Crippen LogP contribution in [0.3, 0.4) is 0 Å². The summed E-state index contributed by atoms with van der Waals surface area (Å²) in [4.78, 5) is 27.6. The summed E-state index contributed by atoms with van der Waals surface area (Å²) in [5.74, 6) is -0.658. The molecule has 0 aromatic carbocycles. The van der Waals surface area contributed by atoms with Gasteiger partial charge in [-0.05, 0) is 25.7 Å². The van der Waals surface area contributed by atoms with Gasteiger partial charge in [0.25, 0.3) is 5.91 Å². The summed E-state index contributed by atoms with van der Waals surface area (Å²) in [6, 6.07) is -0.915. The fourth-order valence-electron chi connectivity index (χ4n) is 2.02. The predicted octanol–water partition coefficient (Wildman–Crippen LogP) is 2.09. The maximum Gasteiger partial charge on any atom is 0.326 e. The summed E-state index contributed by atoms with van der Waals surface area (Å²) in [6.07, 6.45) is 2.73. The van der Waals surface area contributed by atoms with Crippen LogP contribution in [0.1, 0.15) is 61.2 Å². The van der Waals surface area contributed by atoms with E-state index >= 15 is 0 Å². The first kappa shape index (κ1) is 14.6. The fourth-order valence-corrected chi connectivity index (χ4v) is 2.02. The number of carboxylic acid groups (broad SMARTS) is 1. The maximum atomic E-state index is 12.1. The van der Waals surface area contributed by atoms with Crippen LogP contribution in [-0.2, 0) is 4.79 Å². The van der Waals surface area contributed by atoms with Crippen molar-refractivity contribution in [2.24, 2.45) is 5.92 Å². The molecule has 110 valence electrons. The van der Waals surface area contributed by atoms with Crippen LogP contribution in [0.15, 0.2) is 4.42 Å². The van der Waals surface area contributed by atoms with Gasteiger partial charge in [0, 0.05) is 5.92 Å². The molecule has 1 saturated carbocycles. The average Bonchev–Trinajstić information content (AvgIpc) is 3.17. The molecule has 1 aromatic heterocycles. The molecule has 1 aliphatic carbocycles. The molecule has 2 rings (SSSR count). The lowest BCUT2D eigenvalue weighted by molar-refractivity contribution is -0.140. The van der Waals surface area contributed by atoms with Crippen molar-refractivity contribution in [1.29, 1.82) is 0 Å². The number of hydrogen-bond donors (Lipinski definition) is 2. The van der Waals surface area contributed by atoms with E-state index in [2.05, 4.69) is 10.3 Å². The number of carboxylic acids is 1. The first-order valence-electron chi connectivity index (χ1n) is 6.95. The van der Waals surface area contributed by atoms with Crippen molar-refractivity contribution in [3.63, 3.8) is 0 Å². The largest absolute Gasteiger partial charge is 0.480 e. The summed E-state index contributed by atoms with van der Waals surface area (Å²) < 4.78 is 5.48. The molecule has 6 heteroatoms. The number of carbonyl (C=O) groups excluding carboxylic acids is 1. The van der Waals surface area contributed by atoms with E-state index < -0.39 is 17.9 Å². The number of aryl methyl sites for hydroxylation is 1. The van der Waals surface area contributed by atoms with Crippen molar-refractivity contribution in [3.8, 4) is 0 Å². The van der Waals surface area contributed by atoms with E-state index in [0.717, 1.165) is 12.8 Å². The van der Waals surface area contributed by atoms with E-state index in [1.54, 1.807) is 13.8 Å². The highest BCUT2D eigenvalue weighted by Gasteiger charge is 2.32. The van der Waals surface area contributed by atoms with Gasteiger partial charge in [0.2, 0.25) is 5.76 Å². The van der Waals surface area contributed by atoms with Gasteiger partial charge in [-0.3, -0.25) is 4.79 Å². The highest BCUT2D eigenvalue weighted by atomic mass is 16.4. The maximum absolute atomic E-state index is 12.1. The topological polar surface area (TPSA) is 92.4 Å². The van der Waals surface area contributed by atoms with Crippen molar-refractivity contribution >= 4 is 11.9 Å². The molecular weight excluding hydrogens is 260 g/mol. The third-order valence-corrected chi connectivity index (χ3v) is 3.71. The molecule has 2 N–H and O–H groups in total. The Bertz CT molecular complexity index is 519. The molecule has 1 aromatic rings. The van der Waals surface area contributed by atoms with Crippen LogP contribution < -0.4 is 5.32 Å². The lowest BCUT2D eigenvalue weighted by Gasteiger charge is -2.19. The Morgan fingerprint density at radius 3 is 2.65 bits per heavy atom. The molecule has 0 aliphatic heterocycles. The Kier molecular flexibility index (Phi) is 4.11. The van der Waals surface area contributed by atoms with Crippen LogP contribution in [0.25, 0.3) is 0 Å². The molecule has 0 radical (unpaired) electrons. The van der Waals surface area contributed by atoms with E-state index in [4.69, 9.17) is 4.42 Å². The van der Waals surface area contributed by atoms with Crippen LogP contribution in [-0.4, -0.2) is 28.0 Å². The lowest BCUT2D eigenvalue weighted by Crippen LogP contribution is -2.45. The first-order valence-corrected chi connectivity index (χ1v) is 6.95. The smallest absolute Gasteiger partial charge is 0.326 e. The fraction of sp³-hybridized carbons (Fsp3) is 0.643. The molecular formula is C14H20N2O4. The number of carbonyl (C=O) groups is 2. The molecule has 2 unspecified atom stereocenters. The van der Waals surface area contributed by atoms with Crippen LogP contribution in [0, 0.1) is 12.8 Å². The number of nitrogens with one attached hydrogen (secondary N) is 1. The van der Waals surface area contributed by atoms with Crippen LogP contribution in [0.2, 0.25) is 0 Å². The van der Waals surface area contributed by atoms with Gasteiger partial charge < -0.3 is 14.8 Å². The van der Waals surface area contributed by atoms with Crippen molar-refractivity contribution in [2.75, 3.05) is 0 Å². The number of oxazole rings is 1. The summed E-state index contributed by atoms with van der Waals surface area (Å²) in [5.41, 5.74) is 0.512. The molecule has 2 atom stereocenters. The molecule has 20 heavy (non-hydrogen) atoms. The Morgan fingerprint density at radius 2 is 2.15 bits per heavy atom. The second-order valence-corrected chi connectivity index (χ2v) is 5.42. The molecule has 0 saturated heterocycles. The second-order valence-electron chi connectivity index (χ2n) is 5.42. The number of rotatable bonds is 6. The van der Waals surface area contributed by atoms with E-state index in [1.165, 1.54) is 0 Å². The lowest BCUT2D eigenvalue weighted by atomic mass is 9.99. The van der Waals surface area contributed by atoms with Gasteiger partial charge in [-0.2, -0.15) is 0 Å². The minimum absolute atomic E-state index is 0.126. The molecule has 6 nitrogen and oxygen atoms in total. The summed E-state index contributed by atoms with van der Waals surface area (Å²) >= 11 is 0. The Hall–Kier alpha value is -1.85. The number of amides is 1. The van der Waals surface area contributed by atoms with Crippen molar-refractivity contribution < 1.29 is 19.1 Å². The predicted molar refractivity (Wildman–Crippen MR) is 71.6 cm³/mol. The van der Waals surface area contributed by atoms with Crippen molar-refractivity contribution in [1.82, 2.24) is 10.3 Å². The second kappa shape index (κ2) is 5.64. The monoisotopic (exact) mass is 280 g/mol. The molecule has 1 amide bonds. The number of aliphatic carboxylic acids is 1. The van der Waals surface area contributed by atoms with Gasteiger partial charge in [0.15, 0.2) is 5.89 Å². The Morgan fingerprint density at radius 1 is 1.50 bits per heavy atom. The van der Waals surface area contributed by atoms with Crippen LogP contribution >= 0.6 is 0 Å². The minimum Gasteiger partial charge on any atom is -0.480 e. The zero-order chi connectivity index (χ0) is 14.9. The van der Waals surface area contributed by atoms with Crippen molar-refractivity contribution in [2.45, 2.75) is 52.0 Å². The van der Waals surface area contributed by atoms with Crippen LogP contribution in [0.5, 0.6) is 0 Å². The summed E-state index contributed by atoms with van der Waals surface area (Å²) in [7, 11) is 0. The highest BCUT2D eigenvalue weighted by molar-refractivity contribution is 5.95.